The molecule has 0 atom stereocenters. The van der Waals surface area contributed by atoms with E-state index in [1.165, 1.54) is 12.8 Å². The highest BCUT2D eigenvalue weighted by atomic mass is 16.4. The molecule has 7 nitrogen and oxygen atoms in total. The molecule has 1 amide bonds. The first-order chi connectivity index (χ1) is 9.79. The van der Waals surface area contributed by atoms with Crippen molar-refractivity contribution < 1.29 is 9.21 Å². The molecule has 0 spiro atoms. The number of carbonyl (C=O) groups is 1. The molecule has 0 saturated heterocycles. The van der Waals surface area contributed by atoms with Crippen molar-refractivity contribution in [1.29, 1.82) is 0 Å². The van der Waals surface area contributed by atoms with Gasteiger partial charge in [-0.2, -0.15) is 0 Å². The number of amides is 1. The lowest BCUT2D eigenvalue weighted by Crippen LogP contribution is -2.25. The minimum Gasteiger partial charge on any atom is -0.407 e. The van der Waals surface area contributed by atoms with Gasteiger partial charge in [-0.3, -0.25) is 4.79 Å². The molecule has 0 radical (unpaired) electrons. The molecule has 0 aromatic carbocycles. The average Bonchev–Trinajstić information content (AvgIpc) is 3.35. The third-order valence-corrected chi connectivity index (χ3v) is 3.39. The molecule has 0 bridgehead atoms. The Morgan fingerprint density at radius 3 is 2.75 bits per heavy atom. The van der Waals surface area contributed by atoms with Crippen molar-refractivity contribution in [3.8, 4) is 0 Å². The predicted molar refractivity (Wildman–Crippen MR) is 73.0 cm³/mol. The molecule has 0 unspecified atom stereocenters. The quantitative estimate of drug-likeness (QED) is 0.579. The van der Waals surface area contributed by atoms with Crippen LogP contribution in [0, 0.1) is 0 Å². The fourth-order valence-electron chi connectivity index (χ4n) is 1.89. The Morgan fingerprint density at radius 1 is 1.20 bits per heavy atom. The smallest absolute Gasteiger partial charge is 0.315 e. The van der Waals surface area contributed by atoms with Gasteiger partial charge < -0.3 is 20.4 Å². The molecule has 7 heteroatoms. The summed E-state index contributed by atoms with van der Waals surface area (Å²) in [4.78, 5) is 11.5. The van der Waals surface area contributed by atoms with E-state index in [0.717, 1.165) is 19.3 Å². The number of carbonyl (C=O) groups excluding carboxylic acids is 1. The summed E-state index contributed by atoms with van der Waals surface area (Å²) in [6.45, 7) is 1.29. The highest BCUT2D eigenvalue weighted by molar-refractivity contribution is 5.76. The number of anilines is 1. The number of hydrogen-bond donors (Lipinski definition) is 3. The van der Waals surface area contributed by atoms with Crippen LogP contribution in [0.3, 0.4) is 0 Å². The second-order valence-corrected chi connectivity index (χ2v) is 5.53. The second-order valence-electron chi connectivity index (χ2n) is 5.53. The van der Waals surface area contributed by atoms with Gasteiger partial charge in [-0.05, 0) is 32.1 Å². The van der Waals surface area contributed by atoms with Crippen molar-refractivity contribution in [1.82, 2.24) is 20.8 Å². The van der Waals surface area contributed by atoms with Crippen LogP contribution < -0.4 is 16.0 Å². The second kappa shape index (κ2) is 6.21. The molecule has 1 heterocycles. The molecule has 2 aliphatic rings. The van der Waals surface area contributed by atoms with Crippen molar-refractivity contribution >= 4 is 11.9 Å². The summed E-state index contributed by atoms with van der Waals surface area (Å²) in [7, 11) is 0. The molecule has 0 aliphatic heterocycles. The topological polar surface area (TPSA) is 92.1 Å². The van der Waals surface area contributed by atoms with Gasteiger partial charge >= 0.3 is 6.01 Å². The van der Waals surface area contributed by atoms with E-state index in [-0.39, 0.29) is 5.91 Å². The van der Waals surface area contributed by atoms with Crippen LogP contribution in [-0.4, -0.2) is 34.7 Å². The van der Waals surface area contributed by atoms with Gasteiger partial charge in [-0.15, -0.1) is 5.10 Å². The maximum absolute atomic E-state index is 11.5. The highest BCUT2D eigenvalue weighted by Crippen LogP contribution is 2.19. The van der Waals surface area contributed by atoms with Gasteiger partial charge in [0.05, 0.1) is 6.54 Å². The predicted octanol–water partition coefficient (Wildman–Crippen LogP) is 0.792. The fourth-order valence-corrected chi connectivity index (χ4v) is 1.89. The molecule has 2 aliphatic carbocycles. The first kappa shape index (κ1) is 13.4. The Kier molecular flexibility index (Phi) is 4.15. The number of nitrogens with one attached hydrogen (secondary N) is 3. The molecular weight excluding hydrogens is 258 g/mol. The number of rotatable bonds is 9. The van der Waals surface area contributed by atoms with Gasteiger partial charge in [0.2, 0.25) is 11.8 Å². The molecule has 3 N–H and O–H groups in total. The van der Waals surface area contributed by atoms with Gasteiger partial charge in [-0.25, -0.2) is 0 Å². The molecule has 2 fully saturated rings. The Bertz CT molecular complexity index is 453. The monoisotopic (exact) mass is 279 g/mol. The summed E-state index contributed by atoms with van der Waals surface area (Å²) < 4.78 is 5.45. The van der Waals surface area contributed by atoms with Crippen LogP contribution in [-0.2, 0) is 11.3 Å². The van der Waals surface area contributed by atoms with E-state index in [4.69, 9.17) is 4.42 Å². The minimum atomic E-state index is 0.133. The number of aromatic nitrogens is 2. The van der Waals surface area contributed by atoms with Crippen LogP contribution >= 0.6 is 0 Å². The molecule has 20 heavy (non-hydrogen) atoms. The summed E-state index contributed by atoms with van der Waals surface area (Å²) >= 11 is 0. The van der Waals surface area contributed by atoms with E-state index in [1.807, 2.05) is 0 Å². The maximum atomic E-state index is 11.5. The van der Waals surface area contributed by atoms with Gasteiger partial charge in [0.15, 0.2) is 0 Å². The van der Waals surface area contributed by atoms with E-state index in [9.17, 15) is 4.79 Å². The Morgan fingerprint density at radius 2 is 2.00 bits per heavy atom. The van der Waals surface area contributed by atoms with Crippen LogP contribution in [0.25, 0.3) is 0 Å². The summed E-state index contributed by atoms with van der Waals surface area (Å²) in [6.07, 6.45) is 6.03. The molecule has 1 aromatic rings. The largest absolute Gasteiger partial charge is 0.407 e. The lowest BCUT2D eigenvalue weighted by atomic mass is 10.3. The molecule has 110 valence electrons. The summed E-state index contributed by atoms with van der Waals surface area (Å²) in [5.41, 5.74) is 0. The zero-order valence-corrected chi connectivity index (χ0v) is 11.5. The first-order valence-corrected chi connectivity index (χ1v) is 7.38. The number of hydrogen-bond acceptors (Lipinski definition) is 6. The third kappa shape index (κ3) is 4.48. The molecule has 1 aromatic heterocycles. The minimum absolute atomic E-state index is 0.133. The van der Waals surface area contributed by atoms with E-state index in [0.29, 0.717) is 43.5 Å². The van der Waals surface area contributed by atoms with Crippen LogP contribution in [0.4, 0.5) is 6.01 Å². The lowest BCUT2D eigenvalue weighted by Gasteiger charge is -2.03. The van der Waals surface area contributed by atoms with Gasteiger partial charge in [0.25, 0.3) is 0 Å². The van der Waals surface area contributed by atoms with Gasteiger partial charge in [-0.1, -0.05) is 5.10 Å². The van der Waals surface area contributed by atoms with Crippen molar-refractivity contribution in [3.05, 3.63) is 5.89 Å². The normalized spacial score (nSPS) is 18.0. The Labute approximate surface area is 117 Å². The SMILES string of the molecule is O=C(CCCNc1nnc(CNC2CC2)o1)NC1CC1. The summed E-state index contributed by atoms with van der Waals surface area (Å²) in [6, 6.07) is 1.50. The van der Waals surface area contributed by atoms with E-state index < -0.39 is 0 Å². The van der Waals surface area contributed by atoms with Crippen LogP contribution in [0.5, 0.6) is 0 Å². The first-order valence-electron chi connectivity index (χ1n) is 7.38. The van der Waals surface area contributed by atoms with Crippen LogP contribution in [0.1, 0.15) is 44.4 Å². The van der Waals surface area contributed by atoms with Gasteiger partial charge in [0, 0.05) is 25.0 Å². The van der Waals surface area contributed by atoms with Crippen LogP contribution in [0.2, 0.25) is 0 Å². The van der Waals surface area contributed by atoms with Crippen molar-refractivity contribution in [3.63, 3.8) is 0 Å². The van der Waals surface area contributed by atoms with E-state index in [1.54, 1.807) is 0 Å². The maximum Gasteiger partial charge on any atom is 0.315 e. The Balaban J connectivity index is 1.28. The highest BCUT2D eigenvalue weighted by Gasteiger charge is 2.23. The van der Waals surface area contributed by atoms with Crippen molar-refractivity contribution in [2.45, 2.75) is 57.2 Å². The molecular formula is C13H21N5O2. The van der Waals surface area contributed by atoms with Crippen LogP contribution in [0.15, 0.2) is 4.42 Å². The number of nitrogens with zero attached hydrogens (tertiary/aromatic N) is 2. The summed E-state index contributed by atoms with van der Waals surface area (Å²) in [5.74, 6) is 0.736. The molecule has 3 rings (SSSR count). The third-order valence-electron chi connectivity index (χ3n) is 3.39. The zero-order chi connectivity index (χ0) is 13.8. The van der Waals surface area contributed by atoms with Gasteiger partial charge in [0.1, 0.15) is 0 Å². The van der Waals surface area contributed by atoms with Crippen molar-refractivity contribution in [2.24, 2.45) is 0 Å². The Hall–Kier alpha value is -1.63. The zero-order valence-electron chi connectivity index (χ0n) is 11.5. The molecule has 2 saturated carbocycles. The van der Waals surface area contributed by atoms with Crippen molar-refractivity contribution in [2.75, 3.05) is 11.9 Å². The standard InChI is InChI=1S/C13H21N5O2/c19-11(16-10-5-6-10)2-1-7-14-13-18-17-12(20-13)8-15-9-3-4-9/h9-10,15H,1-8H2,(H,14,18)(H,16,19). The fraction of sp³-hybridized carbons (Fsp3) is 0.769. The van der Waals surface area contributed by atoms with E-state index >= 15 is 0 Å². The lowest BCUT2D eigenvalue weighted by molar-refractivity contribution is -0.121. The summed E-state index contributed by atoms with van der Waals surface area (Å²) in [5, 5.41) is 17.2. The average molecular weight is 279 g/mol. The van der Waals surface area contributed by atoms with E-state index in [2.05, 4.69) is 26.1 Å².